The van der Waals surface area contributed by atoms with Gasteiger partial charge in [0.1, 0.15) is 0 Å². The number of hydrogen-bond donors (Lipinski definition) is 2. The summed E-state index contributed by atoms with van der Waals surface area (Å²) in [6, 6.07) is 1.86. The van der Waals surface area contributed by atoms with E-state index in [9.17, 15) is 4.79 Å². The van der Waals surface area contributed by atoms with Gasteiger partial charge < -0.3 is 15.1 Å². The summed E-state index contributed by atoms with van der Waals surface area (Å²) in [5, 5.41) is 6.27. The zero-order chi connectivity index (χ0) is 11.4. The highest BCUT2D eigenvalue weighted by atomic mass is 16.3. The van der Waals surface area contributed by atoms with Gasteiger partial charge in [-0.25, -0.2) is 0 Å². The fourth-order valence-electron chi connectivity index (χ4n) is 2.21. The molecule has 0 aliphatic carbocycles. The smallest absolute Gasteiger partial charge is 0.240 e. The van der Waals surface area contributed by atoms with Crippen LogP contribution in [0.2, 0.25) is 0 Å². The van der Waals surface area contributed by atoms with Gasteiger partial charge in [-0.1, -0.05) is 6.92 Å². The Balaban J connectivity index is 1.91. The Morgan fingerprint density at radius 2 is 2.56 bits per heavy atom. The third kappa shape index (κ3) is 2.11. The van der Waals surface area contributed by atoms with Crippen molar-refractivity contribution in [3.8, 4) is 0 Å². The summed E-state index contributed by atoms with van der Waals surface area (Å²) in [5.41, 5.74) is 0.654. The van der Waals surface area contributed by atoms with Crippen LogP contribution in [-0.4, -0.2) is 18.0 Å². The number of nitrogens with one attached hydrogen (secondary N) is 2. The molecule has 2 heterocycles. The fourth-order valence-corrected chi connectivity index (χ4v) is 2.21. The zero-order valence-corrected chi connectivity index (χ0v) is 9.58. The molecule has 1 amide bonds. The summed E-state index contributed by atoms with van der Waals surface area (Å²) in [5.74, 6) is 0.105. The number of hydrogen-bond acceptors (Lipinski definition) is 3. The molecular weight excluding hydrogens is 204 g/mol. The molecule has 1 aliphatic rings. The van der Waals surface area contributed by atoms with E-state index in [1.165, 1.54) is 0 Å². The van der Waals surface area contributed by atoms with Crippen LogP contribution in [0, 0.1) is 0 Å². The van der Waals surface area contributed by atoms with E-state index < -0.39 is 0 Å². The molecule has 88 valence electrons. The summed E-state index contributed by atoms with van der Waals surface area (Å²) in [4.78, 5) is 12.1. The topological polar surface area (TPSA) is 54.3 Å². The van der Waals surface area contributed by atoms with Gasteiger partial charge in [0.25, 0.3) is 0 Å². The molecule has 1 aromatic heterocycles. The van der Waals surface area contributed by atoms with Gasteiger partial charge in [0, 0.05) is 12.1 Å². The van der Waals surface area contributed by atoms with Crippen LogP contribution in [0.4, 0.5) is 0 Å². The summed E-state index contributed by atoms with van der Waals surface area (Å²) in [7, 11) is 0. The molecule has 1 aromatic rings. The Morgan fingerprint density at radius 3 is 3.12 bits per heavy atom. The first-order valence-corrected chi connectivity index (χ1v) is 5.81. The molecule has 4 nitrogen and oxygen atoms in total. The van der Waals surface area contributed by atoms with Crippen molar-refractivity contribution in [2.75, 3.05) is 6.54 Å². The van der Waals surface area contributed by atoms with Crippen molar-refractivity contribution < 1.29 is 9.21 Å². The third-order valence-corrected chi connectivity index (χ3v) is 3.32. The molecule has 1 saturated heterocycles. The number of rotatable bonds is 4. The van der Waals surface area contributed by atoms with Crippen LogP contribution in [0.5, 0.6) is 0 Å². The van der Waals surface area contributed by atoms with Crippen LogP contribution in [-0.2, 0) is 11.3 Å². The quantitative estimate of drug-likeness (QED) is 0.810. The second-order valence-corrected chi connectivity index (χ2v) is 4.28. The molecular formula is C12H18N2O2. The number of amides is 1. The lowest BCUT2D eigenvalue weighted by atomic mass is 9.93. The SMILES string of the molecule is CCC1(C(=O)NCc2ccoc2)CCCN1. The second-order valence-electron chi connectivity index (χ2n) is 4.28. The molecule has 0 radical (unpaired) electrons. The van der Waals surface area contributed by atoms with Gasteiger partial charge >= 0.3 is 0 Å². The molecule has 2 N–H and O–H groups in total. The minimum Gasteiger partial charge on any atom is -0.472 e. The monoisotopic (exact) mass is 222 g/mol. The average molecular weight is 222 g/mol. The van der Waals surface area contributed by atoms with E-state index in [1.54, 1.807) is 12.5 Å². The van der Waals surface area contributed by atoms with Crippen molar-refractivity contribution in [2.45, 2.75) is 38.3 Å². The first-order valence-electron chi connectivity index (χ1n) is 5.81. The van der Waals surface area contributed by atoms with Gasteiger partial charge in [-0.05, 0) is 31.9 Å². The molecule has 0 bridgehead atoms. The lowest BCUT2D eigenvalue weighted by Crippen LogP contribution is -2.52. The Kier molecular flexibility index (Phi) is 3.29. The standard InChI is InChI=1S/C12H18N2O2/c1-2-12(5-3-6-14-12)11(15)13-8-10-4-7-16-9-10/h4,7,9,14H,2-3,5-6,8H2,1H3,(H,13,15). The summed E-state index contributed by atoms with van der Waals surface area (Å²) >= 11 is 0. The van der Waals surface area contributed by atoms with Crippen LogP contribution in [0.25, 0.3) is 0 Å². The number of carbonyl (C=O) groups excluding carboxylic acids is 1. The van der Waals surface area contributed by atoms with E-state index in [-0.39, 0.29) is 11.4 Å². The first-order chi connectivity index (χ1) is 7.77. The van der Waals surface area contributed by atoms with Gasteiger partial charge in [-0.3, -0.25) is 4.79 Å². The van der Waals surface area contributed by atoms with Gasteiger partial charge in [0.2, 0.25) is 5.91 Å². The molecule has 2 rings (SSSR count). The normalized spacial score (nSPS) is 24.6. The van der Waals surface area contributed by atoms with Crippen molar-refractivity contribution in [3.05, 3.63) is 24.2 Å². The van der Waals surface area contributed by atoms with E-state index >= 15 is 0 Å². The van der Waals surface area contributed by atoms with Crippen LogP contribution in [0.3, 0.4) is 0 Å². The number of furan rings is 1. The average Bonchev–Trinajstić information content (AvgIpc) is 2.97. The molecule has 1 unspecified atom stereocenters. The van der Waals surface area contributed by atoms with E-state index in [2.05, 4.69) is 17.6 Å². The second kappa shape index (κ2) is 4.70. The van der Waals surface area contributed by atoms with Gasteiger partial charge in [0.15, 0.2) is 0 Å². The molecule has 4 heteroatoms. The highest BCUT2D eigenvalue weighted by molar-refractivity contribution is 5.86. The van der Waals surface area contributed by atoms with Crippen molar-refractivity contribution in [2.24, 2.45) is 0 Å². The van der Waals surface area contributed by atoms with Gasteiger partial charge in [0.05, 0.1) is 18.1 Å². The molecule has 1 aliphatic heterocycles. The van der Waals surface area contributed by atoms with Crippen LogP contribution >= 0.6 is 0 Å². The number of carbonyl (C=O) groups is 1. The summed E-state index contributed by atoms with van der Waals surface area (Å²) < 4.78 is 4.96. The maximum Gasteiger partial charge on any atom is 0.240 e. The molecule has 16 heavy (non-hydrogen) atoms. The van der Waals surface area contributed by atoms with Crippen LogP contribution in [0.1, 0.15) is 31.7 Å². The highest BCUT2D eigenvalue weighted by Gasteiger charge is 2.38. The lowest BCUT2D eigenvalue weighted by molar-refractivity contribution is -0.127. The molecule has 0 aromatic carbocycles. The summed E-state index contributed by atoms with van der Waals surface area (Å²) in [6.07, 6.45) is 6.11. The van der Waals surface area contributed by atoms with Gasteiger partial charge in [-0.2, -0.15) is 0 Å². The Bertz CT molecular complexity index is 340. The van der Waals surface area contributed by atoms with E-state index in [0.717, 1.165) is 31.4 Å². The maximum atomic E-state index is 12.1. The molecule has 1 fully saturated rings. The highest BCUT2D eigenvalue weighted by Crippen LogP contribution is 2.23. The lowest BCUT2D eigenvalue weighted by Gasteiger charge is -2.26. The van der Waals surface area contributed by atoms with E-state index in [1.807, 2.05) is 6.07 Å². The van der Waals surface area contributed by atoms with Crippen molar-refractivity contribution in [1.29, 1.82) is 0 Å². The fraction of sp³-hybridized carbons (Fsp3) is 0.583. The largest absolute Gasteiger partial charge is 0.472 e. The summed E-state index contributed by atoms with van der Waals surface area (Å²) in [6.45, 7) is 3.53. The first kappa shape index (κ1) is 11.2. The van der Waals surface area contributed by atoms with Crippen LogP contribution in [0.15, 0.2) is 23.0 Å². The molecule has 0 saturated carbocycles. The Labute approximate surface area is 95.4 Å². The van der Waals surface area contributed by atoms with Crippen molar-refractivity contribution in [3.63, 3.8) is 0 Å². The third-order valence-electron chi connectivity index (χ3n) is 3.32. The van der Waals surface area contributed by atoms with E-state index in [0.29, 0.717) is 6.54 Å². The maximum absolute atomic E-state index is 12.1. The van der Waals surface area contributed by atoms with E-state index in [4.69, 9.17) is 4.42 Å². The van der Waals surface area contributed by atoms with Crippen LogP contribution < -0.4 is 10.6 Å². The predicted molar refractivity (Wildman–Crippen MR) is 60.8 cm³/mol. The van der Waals surface area contributed by atoms with Gasteiger partial charge in [-0.15, -0.1) is 0 Å². The minimum atomic E-state index is -0.344. The van der Waals surface area contributed by atoms with Crippen molar-refractivity contribution in [1.82, 2.24) is 10.6 Å². The molecule has 0 spiro atoms. The Hall–Kier alpha value is -1.29. The van der Waals surface area contributed by atoms with Crippen molar-refractivity contribution >= 4 is 5.91 Å². The molecule has 1 atom stereocenters. The Morgan fingerprint density at radius 1 is 1.69 bits per heavy atom. The minimum absolute atomic E-state index is 0.105. The predicted octanol–water partition coefficient (Wildman–Crippen LogP) is 1.43. The zero-order valence-electron chi connectivity index (χ0n) is 9.58.